The maximum absolute atomic E-state index is 6.39. The fourth-order valence-corrected chi connectivity index (χ4v) is 4.43. The lowest BCUT2D eigenvalue weighted by molar-refractivity contribution is -0.231. The fraction of sp³-hybridized carbons (Fsp3) is 0.545. The van der Waals surface area contributed by atoms with Gasteiger partial charge in [0.05, 0.1) is 26.4 Å². The average Bonchev–Trinajstić information content (AvgIpc) is 2.73. The van der Waals surface area contributed by atoms with Crippen LogP contribution in [0.1, 0.15) is 37.7 Å². The minimum Gasteiger partial charge on any atom is -0.480 e. The molecule has 7 nitrogen and oxygen atoms in total. The second-order valence-electron chi connectivity index (χ2n) is 8.02. The van der Waals surface area contributed by atoms with Gasteiger partial charge in [-0.25, -0.2) is 4.98 Å². The van der Waals surface area contributed by atoms with Gasteiger partial charge < -0.3 is 18.9 Å². The van der Waals surface area contributed by atoms with Crippen LogP contribution in [0.3, 0.4) is 0 Å². The number of nitrogens with zero attached hydrogens (tertiary/aromatic N) is 3. The molecule has 0 amide bonds. The molecular weight excluding hydrogens is 370 g/mol. The van der Waals surface area contributed by atoms with E-state index in [-0.39, 0.29) is 6.01 Å². The molecule has 1 aromatic carbocycles. The van der Waals surface area contributed by atoms with Crippen LogP contribution in [-0.2, 0) is 11.3 Å². The summed E-state index contributed by atoms with van der Waals surface area (Å²) in [6.07, 6.45) is 7.63. The van der Waals surface area contributed by atoms with Gasteiger partial charge in [0, 0.05) is 43.7 Å². The molecule has 0 N–H and O–H groups in total. The molecule has 0 atom stereocenters. The van der Waals surface area contributed by atoms with Gasteiger partial charge in [-0.05, 0) is 30.5 Å². The molecule has 2 aliphatic heterocycles. The standard InChI is InChI=1S/C22H27N3O4/c1-26-20-18(13-23-21(24-20)27-2)15-6-7-19-16(12-15)14-28-22(29-19)8-10-25(11-9-22)17-4-3-5-17/h6-7,12-13,17H,3-5,8-11,14H2,1-2H3. The molecule has 1 aromatic heterocycles. The van der Waals surface area contributed by atoms with Gasteiger partial charge in [-0.1, -0.05) is 12.5 Å². The lowest BCUT2D eigenvalue weighted by atomic mass is 9.89. The summed E-state index contributed by atoms with van der Waals surface area (Å²) in [7, 11) is 3.13. The molecule has 7 heteroatoms. The highest BCUT2D eigenvalue weighted by Crippen LogP contribution is 2.41. The zero-order chi connectivity index (χ0) is 19.8. The molecule has 29 heavy (non-hydrogen) atoms. The second kappa shape index (κ2) is 7.46. The van der Waals surface area contributed by atoms with Crippen LogP contribution in [0.15, 0.2) is 24.4 Å². The summed E-state index contributed by atoms with van der Waals surface area (Å²) in [6, 6.07) is 7.18. The smallest absolute Gasteiger partial charge is 0.319 e. The molecule has 1 aliphatic carbocycles. The third-order valence-corrected chi connectivity index (χ3v) is 6.42. The van der Waals surface area contributed by atoms with E-state index in [1.165, 1.54) is 26.4 Å². The van der Waals surface area contributed by atoms with Crippen molar-refractivity contribution in [1.29, 1.82) is 0 Å². The van der Waals surface area contributed by atoms with Crippen LogP contribution >= 0.6 is 0 Å². The summed E-state index contributed by atoms with van der Waals surface area (Å²) in [4.78, 5) is 11.1. The predicted molar refractivity (Wildman–Crippen MR) is 107 cm³/mol. The van der Waals surface area contributed by atoms with Crippen molar-refractivity contribution in [3.05, 3.63) is 30.0 Å². The molecule has 2 aromatic rings. The van der Waals surface area contributed by atoms with E-state index in [1.807, 2.05) is 12.1 Å². The van der Waals surface area contributed by atoms with Crippen molar-refractivity contribution < 1.29 is 18.9 Å². The van der Waals surface area contributed by atoms with Crippen molar-refractivity contribution in [3.63, 3.8) is 0 Å². The first-order valence-corrected chi connectivity index (χ1v) is 10.3. The van der Waals surface area contributed by atoms with E-state index in [4.69, 9.17) is 18.9 Å². The number of likely N-dealkylation sites (tertiary alicyclic amines) is 1. The quantitative estimate of drug-likeness (QED) is 0.783. The van der Waals surface area contributed by atoms with Crippen LogP contribution in [0.2, 0.25) is 0 Å². The maximum Gasteiger partial charge on any atom is 0.319 e. The molecule has 3 aliphatic rings. The Morgan fingerprint density at radius 2 is 1.97 bits per heavy atom. The number of hydrogen-bond acceptors (Lipinski definition) is 7. The van der Waals surface area contributed by atoms with Crippen LogP contribution in [-0.4, -0.2) is 54.0 Å². The van der Waals surface area contributed by atoms with E-state index >= 15 is 0 Å². The molecule has 0 radical (unpaired) electrons. The average molecular weight is 397 g/mol. The number of piperidine rings is 1. The molecule has 1 saturated heterocycles. The van der Waals surface area contributed by atoms with Gasteiger partial charge in [0.15, 0.2) is 0 Å². The highest BCUT2D eigenvalue weighted by molar-refractivity contribution is 5.69. The van der Waals surface area contributed by atoms with Gasteiger partial charge in [0.2, 0.25) is 11.7 Å². The molecule has 3 heterocycles. The molecule has 154 valence electrons. The van der Waals surface area contributed by atoms with Crippen molar-refractivity contribution in [3.8, 4) is 28.8 Å². The summed E-state index contributed by atoms with van der Waals surface area (Å²) in [5.74, 6) is 0.912. The molecular formula is C22H27N3O4. The number of rotatable bonds is 4. The molecule has 5 rings (SSSR count). The monoisotopic (exact) mass is 397 g/mol. The Kier molecular flexibility index (Phi) is 4.80. The summed E-state index contributed by atoms with van der Waals surface area (Å²) in [5.41, 5.74) is 2.81. The lowest BCUT2D eigenvalue weighted by Crippen LogP contribution is -2.54. The van der Waals surface area contributed by atoms with Crippen molar-refractivity contribution in [2.45, 2.75) is 50.5 Å². The zero-order valence-corrected chi connectivity index (χ0v) is 17.0. The SMILES string of the molecule is COc1ncc(-c2ccc3c(c2)COC2(CCN(C4CCC4)CC2)O3)c(OC)n1. The van der Waals surface area contributed by atoms with E-state index in [0.717, 1.165) is 54.4 Å². The minimum atomic E-state index is -0.477. The first-order chi connectivity index (χ1) is 14.2. The lowest BCUT2D eigenvalue weighted by Gasteiger charge is -2.47. The number of ether oxygens (including phenoxy) is 4. The van der Waals surface area contributed by atoms with Crippen molar-refractivity contribution in [2.24, 2.45) is 0 Å². The van der Waals surface area contributed by atoms with Crippen LogP contribution in [0.5, 0.6) is 17.6 Å². The van der Waals surface area contributed by atoms with Crippen LogP contribution < -0.4 is 14.2 Å². The van der Waals surface area contributed by atoms with Crippen LogP contribution in [0.25, 0.3) is 11.1 Å². The number of fused-ring (bicyclic) bond motifs is 1. The van der Waals surface area contributed by atoms with E-state index in [2.05, 4.69) is 20.9 Å². The largest absolute Gasteiger partial charge is 0.480 e. The summed E-state index contributed by atoms with van der Waals surface area (Å²) in [6.45, 7) is 2.66. The summed E-state index contributed by atoms with van der Waals surface area (Å²) in [5, 5.41) is 0. The van der Waals surface area contributed by atoms with Gasteiger partial charge in [-0.15, -0.1) is 0 Å². The Morgan fingerprint density at radius 1 is 1.14 bits per heavy atom. The summed E-state index contributed by atoms with van der Waals surface area (Å²) < 4.78 is 23.2. The van der Waals surface area contributed by atoms with Crippen molar-refractivity contribution >= 4 is 0 Å². The van der Waals surface area contributed by atoms with E-state index in [0.29, 0.717) is 12.5 Å². The normalized spacial score (nSPS) is 21.2. The molecule has 0 bridgehead atoms. The van der Waals surface area contributed by atoms with E-state index in [1.54, 1.807) is 13.3 Å². The number of benzene rings is 1. The highest BCUT2D eigenvalue weighted by atomic mass is 16.7. The topological polar surface area (TPSA) is 65.9 Å². The Hall–Kier alpha value is -2.38. The zero-order valence-electron chi connectivity index (χ0n) is 17.0. The maximum atomic E-state index is 6.39. The Balaban J connectivity index is 1.34. The Bertz CT molecular complexity index is 892. The van der Waals surface area contributed by atoms with Gasteiger partial charge in [0.1, 0.15) is 5.75 Å². The molecule has 0 unspecified atom stereocenters. The van der Waals surface area contributed by atoms with Gasteiger partial charge in [0.25, 0.3) is 0 Å². The predicted octanol–water partition coefficient (Wildman–Crippen LogP) is 3.41. The Morgan fingerprint density at radius 3 is 2.66 bits per heavy atom. The first kappa shape index (κ1) is 18.6. The van der Waals surface area contributed by atoms with Crippen molar-refractivity contribution in [1.82, 2.24) is 14.9 Å². The Labute approximate surface area is 171 Å². The third-order valence-electron chi connectivity index (χ3n) is 6.42. The first-order valence-electron chi connectivity index (χ1n) is 10.3. The van der Waals surface area contributed by atoms with E-state index in [9.17, 15) is 0 Å². The second-order valence-corrected chi connectivity index (χ2v) is 8.02. The number of hydrogen-bond donors (Lipinski definition) is 0. The van der Waals surface area contributed by atoms with Crippen LogP contribution in [0.4, 0.5) is 0 Å². The van der Waals surface area contributed by atoms with E-state index < -0.39 is 5.79 Å². The van der Waals surface area contributed by atoms with Gasteiger partial charge in [-0.2, -0.15) is 4.98 Å². The van der Waals surface area contributed by atoms with Gasteiger partial charge >= 0.3 is 6.01 Å². The van der Waals surface area contributed by atoms with Crippen molar-refractivity contribution in [2.75, 3.05) is 27.3 Å². The fourth-order valence-electron chi connectivity index (χ4n) is 4.43. The number of aromatic nitrogens is 2. The minimum absolute atomic E-state index is 0.283. The molecule has 1 saturated carbocycles. The highest BCUT2D eigenvalue weighted by Gasteiger charge is 2.42. The summed E-state index contributed by atoms with van der Waals surface area (Å²) >= 11 is 0. The molecule has 2 fully saturated rings. The molecule has 1 spiro atoms. The van der Waals surface area contributed by atoms with Gasteiger partial charge in [-0.3, -0.25) is 4.90 Å². The third kappa shape index (κ3) is 3.42. The van der Waals surface area contributed by atoms with Crippen LogP contribution in [0, 0.1) is 0 Å². The number of methoxy groups -OCH3 is 2.